The molecule has 1 N–H and O–H groups in total. The maximum atomic E-state index is 13.1. The second kappa shape index (κ2) is 8.26. The molecule has 0 bridgehead atoms. The first kappa shape index (κ1) is 19.6. The molecular formula is C22H30N2O3. The van der Waals surface area contributed by atoms with Gasteiger partial charge in [0.05, 0.1) is 12.3 Å². The highest BCUT2D eigenvalue weighted by Crippen LogP contribution is 2.37. The monoisotopic (exact) mass is 370 g/mol. The average Bonchev–Trinajstić information content (AvgIpc) is 2.67. The van der Waals surface area contributed by atoms with Crippen LogP contribution < -0.4 is 10.1 Å². The number of hydrogen-bond donors (Lipinski definition) is 1. The third kappa shape index (κ3) is 4.24. The molecule has 1 aliphatic rings. The molecule has 0 saturated heterocycles. The van der Waals surface area contributed by atoms with E-state index in [0.29, 0.717) is 18.4 Å². The van der Waals surface area contributed by atoms with Crippen LogP contribution in [0.4, 0.5) is 5.69 Å². The fraction of sp³-hybridized carbons (Fsp3) is 0.545. The van der Waals surface area contributed by atoms with Crippen LogP contribution in [0.1, 0.15) is 46.5 Å². The smallest absolute Gasteiger partial charge is 0.256 e. The third-order valence-corrected chi connectivity index (χ3v) is 5.31. The molecule has 0 radical (unpaired) electrons. The number of hydrogen-bond acceptors (Lipinski definition) is 4. The second-order valence-electron chi connectivity index (χ2n) is 8.07. The van der Waals surface area contributed by atoms with E-state index in [4.69, 9.17) is 9.47 Å². The van der Waals surface area contributed by atoms with Crippen molar-refractivity contribution < 1.29 is 14.3 Å². The van der Waals surface area contributed by atoms with E-state index in [-0.39, 0.29) is 5.91 Å². The Morgan fingerprint density at radius 2 is 2.19 bits per heavy atom. The Hall–Kier alpha value is -2.14. The van der Waals surface area contributed by atoms with Crippen molar-refractivity contribution in [3.05, 3.63) is 30.5 Å². The number of rotatable bonds is 6. The number of methoxy groups -OCH3 is 1. The highest BCUT2D eigenvalue weighted by molar-refractivity contribution is 6.05. The minimum Gasteiger partial charge on any atom is -0.491 e. The Morgan fingerprint density at radius 1 is 1.37 bits per heavy atom. The standard InChI is InChI=1S/C22H30N2O3/c1-15(2)14-27-19-10-9-18(17-8-6-12-23-20(17)19)24-21(25)22(26-4)11-5-7-16(3)13-22/h6,8-10,12,15-16H,5,7,11,13-14H2,1-4H3,(H,24,25)/t16-,22+/m1/s1. The van der Waals surface area contributed by atoms with E-state index >= 15 is 0 Å². The summed E-state index contributed by atoms with van der Waals surface area (Å²) in [6, 6.07) is 7.62. The number of pyridine rings is 1. The molecule has 1 aliphatic carbocycles. The van der Waals surface area contributed by atoms with Crippen LogP contribution in [0.5, 0.6) is 5.75 Å². The van der Waals surface area contributed by atoms with Crippen molar-refractivity contribution in [2.24, 2.45) is 11.8 Å². The predicted molar refractivity (Wildman–Crippen MR) is 108 cm³/mol. The van der Waals surface area contributed by atoms with E-state index in [1.807, 2.05) is 24.3 Å². The molecule has 146 valence electrons. The molecule has 0 spiro atoms. The summed E-state index contributed by atoms with van der Waals surface area (Å²) >= 11 is 0. The zero-order valence-electron chi connectivity index (χ0n) is 16.7. The van der Waals surface area contributed by atoms with Crippen molar-refractivity contribution in [2.75, 3.05) is 19.0 Å². The van der Waals surface area contributed by atoms with Gasteiger partial charge in [0.25, 0.3) is 5.91 Å². The summed E-state index contributed by atoms with van der Waals surface area (Å²) in [5.74, 6) is 1.58. The number of nitrogens with zero attached hydrogens (tertiary/aromatic N) is 1. The molecule has 1 aromatic carbocycles. The van der Waals surface area contributed by atoms with Crippen LogP contribution in [0, 0.1) is 11.8 Å². The number of carbonyl (C=O) groups is 1. The summed E-state index contributed by atoms with van der Waals surface area (Å²) < 4.78 is 11.6. The minimum absolute atomic E-state index is 0.0717. The van der Waals surface area contributed by atoms with Gasteiger partial charge in [-0.2, -0.15) is 0 Å². The van der Waals surface area contributed by atoms with Gasteiger partial charge in [0.2, 0.25) is 0 Å². The van der Waals surface area contributed by atoms with Gasteiger partial charge in [0.15, 0.2) is 0 Å². The van der Waals surface area contributed by atoms with E-state index in [1.54, 1.807) is 13.3 Å². The van der Waals surface area contributed by atoms with Crippen molar-refractivity contribution in [2.45, 2.75) is 52.1 Å². The molecule has 0 aliphatic heterocycles. The molecule has 2 aromatic rings. The molecule has 1 aromatic heterocycles. The number of nitrogens with one attached hydrogen (secondary N) is 1. The largest absolute Gasteiger partial charge is 0.491 e. The van der Waals surface area contributed by atoms with Gasteiger partial charge in [-0.1, -0.05) is 27.2 Å². The first-order chi connectivity index (χ1) is 12.9. The van der Waals surface area contributed by atoms with E-state index in [2.05, 4.69) is 31.1 Å². The number of ether oxygens (including phenoxy) is 2. The first-order valence-electron chi connectivity index (χ1n) is 9.82. The van der Waals surface area contributed by atoms with Gasteiger partial charge in [0.1, 0.15) is 16.9 Å². The molecule has 1 fully saturated rings. The molecule has 5 nitrogen and oxygen atoms in total. The molecule has 1 amide bonds. The van der Waals surface area contributed by atoms with Crippen molar-refractivity contribution in [3.63, 3.8) is 0 Å². The summed E-state index contributed by atoms with van der Waals surface area (Å²) in [4.78, 5) is 17.6. The fourth-order valence-corrected chi connectivity index (χ4v) is 3.85. The molecule has 0 unspecified atom stereocenters. The van der Waals surface area contributed by atoms with Gasteiger partial charge in [0, 0.05) is 18.7 Å². The Balaban J connectivity index is 1.88. The number of carbonyl (C=O) groups excluding carboxylic acids is 1. The van der Waals surface area contributed by atoms with Crippen LogP contribution in [0.2, 0.25) is 0 Å². The van der Waals surface area contributed by atoms with E-state index in [9.17, 15) is 4.79 Å². The lowest BCUT2D eigenvalue weighted by molar-refractivity contribution is -0.143. The fourth-order valence-electron chi connectivity index (χ4n) is 3.85. The van der Waals surface area contributed by atoms with E-state index < -0.39 is 5.60 Å². The van der Waals surface area contributed by atoms with Gasteiger partial charge >= 0.3 is 0 Å². The molecule has 2 atom stereocenters. The molecule has 1 saturated carbocycles. The highest BCUT2D eigenvalue weighted by Gasteiger charge is 2.42. The van der Waals surface area contributed by atoms with Crippen LogP contribution >= 0.6 is 0 Å². The normalized spacial score (nSPS) is 22.8. The summed E-state index contributed by atoms with van der Waals surface area (Å²) in [7, 11) is 1.64. The Bertz CT molecular complexity index is 805. The van der Waals surface area contributed by atoms with Crippen LogP contribution in [-0.2, 0) is 9.53 Å². The van der Waals surface area contributed by atoms with Crippen LogP contribution in [-0.4, -0.2) is 30.2 Å². The zero-order valence-corrected chi connectivity index (χ0v) is 16.7. The zero-order chi connectivity index (χ0) is 19.4. The van der Waals surface area contributed by atoms with E-state index in [1.165, 1.54) is 0 Å². The maximum Gasteiger partial charge on any atom is 0.256 e. The topological polar surface area (TPSA) is 60.5 Å². The summed E-state index contributed by atoms with van der Waals surface area (Å²) in [5.41, 5.74) is 0.757. The Kier molecular flexibility index (Phi) is 6.00. The summed E-state index contributed by atoms with van der Waals surface area (Å²) in [6.45, 7) is 7.03. The molecule has 5 heteroatoms. The van der Waals surface area contributed by atoms with Crippen LogP contribution in [0.25, 0.3) is 10.9 Å². The minimum atomic E-state index is -0.751. The average molecular weight is 370 g/mol. The number of anilines is 1. The van der Waals surface area contributed by atoms with Crippen molar-refractivity contribution in [1.29, 1.82) is 0 Å². The van der Waals surface area contributed by atoms with Crippen molar-refractivity contribution in [1.82, 2.24) is 4.98 Å². The third-order valence-electron chi connectivity index (χ3n) is 5.31. The highest BCUT2D eigenvalue weighted by atomic mass is 16.5. The van der Waals surface area contributed by atoms with Gasteiger partial charge in [-0.25, -0.2) is 0 Å². The SMILES string of the molecule is CO[C@@]1(C(=O)Nc2ccc(OCC(C)C)c3ncccc23)CCC[C@@H](C)C1. The lowest BCUT2D eigenvalue weighted by Gasteiger charge is -2.37. The van der Waals surface area contributed by atoms with Crippen molar-refractivity contribution >= 4 is 22.5 Å². The van der Waals surface area contributed by atoms with Gasteiger partial charge in [-0.3, -0.25) is 9.78 Å². The molecular weight excluding hydrogens is 340 g/mol. The van der Waals surface area contributed by atoms with Crippen LogP contribution in [0.3, 0.4) is 0 Å². The van der Waals surface area contributed by atoms with Gasteiger partial charge in [-0.05, 0) is 55.4 Å². The Morgan fingerprint density at radius 3 is 2.89 bits per heavy atom. The number of aromatic nitrogens is 1. The number of amides is 1. The van der Waals surface area contributed by atoms with Crippen molar-refractivity contribution in [3.8, 4) is 5.75 Å². The quantitative estimate of drug-likeness (QED) is 0.793. The predicted octanol–water partition coefficient (Wildman–Crippen LogP) is 4.80. The van der Waals surface area contributed by atoms with Gasteiger partial charge < -0.3 is 14.8 Å². The number of fused-ring (bicyclic) bond motifs is 1. The lowest BCUT2D eigenvalue weighted by Crippen LogP contribution is -2.47. The number of benzene rings is 1. The molecule has 3 rings (SSSR count). The maximum absolute atomic E-state index is 13.1. The molecule has 27 heavy (non-hydrogen) atoms. The lowest BCUT2D eigenvalue weighted by atomic mass is 9.78. The summed E-state index contributed by atoms with van der Waals surface area (Å²) in [6.07, 6.45) is 5.40. The Labute approximate surface area is 161 Å². The second-order valence-corrected chi connectivity index (χ2v) is 8.07. The first-order valence-corrected chi connectivity index (χ1v) is 9.82. The molecule has 1 heterocycles. The van der Waals surface area contributed by atoms with Gasteiger partial charge in [-0.15, -0.1) is 0 Å². The summed E-state index contributed by atoms with van der Waals surface area (Å²) in [5, 5.41) is 3.98. The van der Waals surface area contributed by atoms with E-state index in [0.717, 1.165) is 48.0 Å². The van der Waals surface area contributed by atoms with Crippen LogP contribution in [0.15, 0.2) is 30.5 Å².